The summed E-state index contributed by atoms with van der Waals surface area (Å²) in [6, 6.07) is -0.689. The summed E-state index contributed by atoms with van der Waals surface area (Å²) >= 11 is 0. The Balaban J connectivity index is 2.31. The molecular formula is C11H15N5O2. The van der Waals surface area contributed by atoms with Crippen molar-refractivity contribution >= 4 is 17.4 Å². The van der Waals surface area contributed by atoms with Gasteiger partial charge in [0.15, 0.2) is 5.82 Å². The lowest BCUT2D eigenvalue weighted by molar-refractivity contribution is -0.139. The number of rotatable bonds is 5. The average molecular weight is 249 g/mol. The molecule has 7 nitrogen and oxygen atoms in total. The van der Waals surface area contributed by atoms with E-state index in [-0.39, 0.29) is 5.92 Å². The quantitative estimate of drug-likeness (QED) is 0.822. The molecule has 0 radical (unpaired) electrons. The van der Waals surface area contributed by atoms with Gasteiger partial charge in [-0.1, -0.05) is 20.3 Å². The number of nitrogens with one attached hydrogen (secondary N) is 1. The minimum absolute atomic E-state index is 0.00697. The first-order valence-electron chi connectivity index (χ1n) is 5.77. The summed E-state index contributed by atoms with van der Waals surface area (Å²) < 4.78 is 1.69. The van der Waals surface area contributed by atoms with Gasteiger partial charge in [-0.25, -0.2) is 9.78 Å². The van der Waals surface area contributed by atoms with Gasteiger partial charge in [-0.2, -0.15) is 0 Å². The molecule has 2 rings (SSSR count). The van der Waals surface area contributed by atoms with Crippen LogP contribution in [0, 0.1) is 5.92 Å². The van der Waals surface area contributed by atoms with Crippen molar-refractivity contribution in [3.8, 4) is 0 Å². The maximum Gasteiger partial charge on any atom is 0.326 e. The third kappa shape index (κ3) is 2.24. The van der Waals surface area contributed by atoms with E-state index in [0.29, 0.717) is 11.5 Å². The fourth-order valence-electron chi connectivity index (χ4n) is 1.69. The van der Waals surface area contributed by atoms with Gasteiger partial charge >= 0.3 is 5.97 Å². The summed E-state index contributed by atoms with van der Waals surface area (Å²) in [6.45, 7) is 3.84. The summed E-state index contributed by atoms with van der Waals surface area (Å²) in [5.74, 6) is -0.470. The molecule has 0 spiro atoms. The number of anilines is 1. The molecule has 0 saturated carbocycles. The highest BCUT2D eigenvalue weighted by molar-refractivity contribution is 5.79. The second kappa shape index (κ2) is 4.99. The third-order valence-corrected chi connectivity index (χ3v) is 2.99. The highest BCUT2D eigenvalue weighted by atomic mass is 16.4. The molecule has 96 valence electrons. The molecule has 0 amide bonds. The van der Waals surface area contributed by atoms with Gasteiger partial charge in [-0.3, -0.25) is 4.40 Å². The Kier molecular flexibility index (Phi) is 3.40. The molecule has 0 aliphatic heterocycles. The van der Waals surface area contributed by atoms with Crippen LogP contribution >= 0.6 is 0 Å². The van der Waals surface area contributed by atoms with E-state index in [4.69, 9.17) is 0 Å². The van der Waals surface area contributed by atoms with Crippen LogP contribution in [0.1, 0.15) is 20.3 Å². The summed E-state index contributed by atoms with van der Waals surface area (Å²) in [5.41, 5.74) is 0.520. The van der Waals surface area contributed by atoms with Crippen molar-refractivity contribution in [3.63, 3.8) is 0 Å². The minimum Gasteiger partial charge on any atom is -0.480 e. The van der Waals surface area contributed by atoms with Gasteiger partial charge in [-0.15, -0.1) is 10.2 Å². The fourth-order valence-corrected chi connectivity index (χ4v) is 1.69. The van der Waals surface area contributed by atoms with E-state index in [1.165, 1.54) is 0 Å². The molecular weight excluding hydrogens is 234 g/mol. The second-order valence-corrected chi connectivity index (χ2v) is 4.18. The zero-order chi connectivity index (χ0) is 13.1. The lowest BCUT2D eigenvalue weighted by Crippen LogP contribution is -2.35. The first-order valence-corrected chi connectivity index (χ1v) is 5.77. The van der Waals surface area contributed by atoms with Gasteiger partial charge < -0.3 is 10.4 Å². The van der Waals surface area contributed by atoms with E-state index < -0.39 is 12.0 Å². The topological polar surface area (TPSA) is 92.4 Å². The number of carboxylic acids is 1. The Bertz CT molecular complexity index is 553. The van der Waals surface area contributed by atoms with Crippen LogP contribution in [-0.4, -0.2) is 36.7 Å². The number of fused-ring (bicyclic) bond motifs is 1. The fraction of sp³-hybridized carbons (Fsp3) is 0.455. The highest BCUT2D eigenvalue weighted by Gasteiger charge is 2.24. The standard InChI is InChI=1S/C11H15N5O2/c1-3-7(2)8(11(17)18)14-9-10-15-13-6-16(10)5-4-12-9/h4-8H,3H2,1-2H3,(H,12,14)(H,17,18)/t7-,8-/m0/s1. The van der Waals surface area contributed by atoms with Crippen LogP contribution in [0.5, 0.6) is 0 Å². The van der Waals surface area contributed by atoms with Crippen LogP contribution in [0.15, 0.2) is 18.7 Å². The van der Waals surface area contributed by atoms with Crippen molar-refractivity contribution in [3.05, 3.63) is 18.7 Å². The van der Waals surface area contributed by atoms with Crippen LogP contribution in [0.3, 0.4) is 0 Å². The molecule has 0 aliphatic rings. The minimum atomic E-state index is -0.896. The first-order chi connectivity index (χ1) is 8.63. The predicted molar refractivity (Wildman–Crippen MR) is 65.3 cm³/mol. The van der Waals surface area contributed by atoms with Crippen molar-refractivity contribution in [2.75, 3.05) is 5.32 Å². The molecule has 0 aromatic carbocycles. The molecule has 18 heavy (non-hydrogen) atoms. The Labute approximate surface area is 104 Å². The number of carbonyl (C=O) groups is 1. The van der Waals surface area contributed by atoms with Gasteiger partial charge in [0.2, 0.25) is 5.65 Å². The van der Waals surface area contributed by atoms with Crippen molar-refractivity contribution in [2.24, 2.45) is 5.92 Å². The van der Waals surface area contributed by atoms with Crippen LogP contribution in [-0.2, 0) is 4.79 Å². The average Bonchev–Trinajstić information content (AvgIpc) is 2.83. The SMILES string of the molecule is CC[C@H](C)[C@H](Nc1nccn2cnnc12)C(=O)O. The molecule has 0 unspecified atom stereocenters. The van der Waals surface area contributed by atoms with Gasteiger partial charge in [0.05, 0.1) is 0 Å². The van der Waals surface area contributed by atoms with Gasteiger partial charge in [0, 0.05) is 12.4 Å². The second-order valence-electron chi connectivity index (χ2n) is 4.18. The van der Waals surface area contributed by atoms with Gasteiger partial charge in [0.1, 0.15) is 12.4 Å². The number of carboxylic acid groups (broad SMARTS) is 1. The molecule has 0 bridgehead atoms. The predicted octanol–water partition coefficient (Wildman–Crippen LogP) is 1.04. The molecule has 2 heterocycles. The van der Waals surface area contributed by atoms with Crippen LogP contribution in [0.2, 0.25) is 0 Å². The normalized spacial score (nSPS) is 14.3. The van der Waals surface area contributed by atoms with Crippen LogP contribution in [0.25, 0.3) is 5.65 Å². The number of nitrogens with zero attached hydrogens (tertiary/aromatic N) is 4. The van der Waals surface area contributed by atoms with Gasteiger partial charge in [-0.05, 0) is 5.92 Å². The Morgan fingerprint density at radius 3 is 3.06 bits per heavy atom. The summed E-state index contributed by atoms with van der Waals surface area (Å²) in [5, 5.41) is 19.8. The number of hydrogen-bond donors (Lipinski definition) is 2. The van der Waals surface area contributed by atoms with Crippen LogP contribution < -0.4 is 5.32 Å². The lowest BCUT2D eigenvalue weighted by atomic mass is 9.99. The van der Waals surface area contributed by atoms with E-state index >= 15 is 0 Å². The maximum atomic E-state index is 11.2. The molecule has 2 atom stereocenters. The zero-order valence-corrected chi connectivity index (χ0v) is 10.2. The van der Waals surface area contributed by atoms with Crippen LogP contribution in [0.4, 0.5) is 5.82 Å². The number of aliphatic carboxylic acids is 1. The summed E-state index contributed by atoms with van der Waals surface area (Å²) in [7, 11) is 0. The highest BCUT2D eigenvalue weighted by Crippen LogP contribution is 2.16. The Morgan fingerprint density at radius 2 is 2.39 bits per heavy atom. The van der Waals surface area contributed by atoms with E-state index in [1.54, 1.807) is 23.1 Å². The molecule has 0 fully saturated rings. The lowest BCUT2D eigenvalue weighted by Gasteiger charge is -2.20. The third-order valence-electron chi connectivity index (χ3n) is 2.99. The van der Waals surface area contributed by atoms with Crippen molar-refractivity contribution < 1.29 is 9.90 Å². The Hall–Kier alpha value is -2.18. The van der Waals surface area contributed by atoms with Crippen molar-refractivity contribution in [2.45, 2.75) is 26.3 Å². The summed E-state index contributed by atoms with van der Waals surface area (Å²) in [4.78, 5) is 15.4. The number of aromatic nitrogens is 4. The van der Waals surface area contributed by atoms with E-state index in [2.05, 4.69) is 20.5 Å². The summed E-state index contributed by atoms with van der Waals surface area (Å²) in [6.07, 6.45) is 5.59. The van der Waals surface area contributed by atoms with E-state index in [9.17, 15) is 9.90 Å². The number of hydrogen-bond acceptors (Lipinski definition) is 5. The molecule has 0 aliphatic carbocycles. The molecule has 2 aromatic heterocycles. The van der Waals surface area contributed by atoms with Gasteiger partial charge in [0.25, 0.3) is 0 Å². The zero-order valence-electron chi connectivity index (χ0n) is 10.2. The Morgan fingerprint density at radius 1 is 1.61 bits per heavy atom. The van der Waals surface area contributed by atoms with Crippen molar-refractivity contribution in [1.82, 2.24) is 19.6 Å². The molecule has 7 heteroatoms. The largest absolute Gasteiger partial charge is 0.480 e. The smallest absolute Gasteiger partial charge is 0.326 e. The van der Waals surface area contributed by atoms with E-state index in [0.717, 1.165) is 6.42 Å². The first kappa shape index (κ1) is 12.3. The van der Waals surface area contributed by atoms with Crippen molar-refractivity contribution in [1.29, 1.82) is 0 Å². The van der Waals surface area contributed by atoms with E-state index in [1.807, 2.05) is 13.8 Å². The molecule has 0 saturated heterocycles. The molecule has 2 aromatic rings. The maximum absolute atomic E-state index is 11.2. The monoisotopic (exact) mass is 249 g/mol. The molecule has 2 N–H and O–H groups in total.